The normalized spacial score (nSPS) is 18.9. The van der Waals surface area contributed by atoms with Crippen molar-refractivity contribution in [2.45, 2.75) is 77.3 Å². The topological polar surface area (TPSA) is 131 Å². The zero-order valence-electron chi connectivity index (χ0n) is 29.1. The predicted molar refractivity (Wildman–Crippen MR) is 189 cm³/mol. The van der Waals surface area contributed by atoms with Gasteiger partial charge in [-0.2, -0.15) is 4.98 Å². The lowest BCUT2D eigenvalue weighted by Crippen LogP contribution is -2.45. The molecule has 4 aromatic rings. The van der Waals surface area contributed by atoms with Crippen molar-refractivity contribution in [1.29, 1.82) is 0 Å². The number of rotatable bonds is 5. The van der Waals surface area contributed by atoms with E-state index in [1.165, 1.54) is 12.1 Å². The van der Waals surface area contributed by atoms with Gasteiger partial charge < -0.3 is 14.5 Å². The van der Waals surface area contributed by atoms with Crippen LogP contribution < -0.4 is 9.46 Å². The molecule has 1 fully saturated rings. The number of aryl methyl sites for hydroxylation is 2. The molecular weight excluding hydrogens is 639 g/mol. The average molecular weight is 684 g/mol. The molecule has 0 radical (unpaired) electrons. The first kappa shape index (κ1) is 34.4. The molecule has 1 atom stereocenters. The van der Waals surface area contributed by atoms with Crippen molar-refractivity contribution < 1.29 is 17.9 Å². The highest BCUT2D eigenvalue weighted by Crippen LogP contribution is 2.32. The van der Waals surface area contributed by atoms with Crippen LogP contribution in [-0.4, -0.2) is 76.8 Å². The molecule has 2 aliphatic rings. The number of anilines is 1. The summed E-state index contributed by atoms with van der Waals surface area (Å²) in [6.45, 7) is 12.6. The quantitative estimate of drug-likeness (QED) is 0.269. The van der Waals surface area contributed by atoms with Gasteiger partial charge in [-0.15, -0.1) is 0 Å². The van der Waals surface area contributed by atoms with Crippen LogP contribution in [0.3, 0.4) is 0 Å². The summed E-state index contributed by atoms with van der Waals surface area (Å²) >= 11 is 0. The van der Waals surface area contributed by atoms with Gasteiger partial charge in [-0.1, -0.05) is 45.0 Å². The Kier molecular flexibility index (Phi) is 9.72. The molecule has 0 unspecified atom stereocenters. The average Bonchev–Trinajstić information content (AvgIpc) is 3.05. The molecule has 1 N–H and O–H groups in total. The molecule has 11 nitrogen and oxygen atoms in total. The van der Waals surface area contributed by atoms with E-state index in [-0.39, 0.29) is 46.8 Å². The number of benzene rings is 2. The van der Waals surface area contributed by atoms with E-state index in [0.717, 1.165) is 48.2 Å². The van der Waals surface area contributed by atoms with Crippen LogP contribution in [0, 0.1) is 19.3 Å². The first-order valence-electron chi connectivity index (χ1n) is 16.8. The van der Waals surface area contributed by atoms with E-state index in [1.807, 2.05) is 44.4 Å². The zero-order valence-corrected chi connectivity index (χ0v) is 29.9. The summed E-state index contributed by atoms with van der Waals surface area (Å²) < 4.78 is 36.3. The second kappa shape index (κ2) is 13.8. The van der Waals surface area contributed by atoms with Gasteiger partial charge in [-0.25, -0.2) is 28.1 Å². The summed E-state index contributed by atoms with van der Waals surface area (Å²) in [4.78, 5) is 36.9. The van der Waals surface area contributed by atoms with E-state index in [4.69, 9.17) is 14.7 Å². The number of sulfonamides is 1. The van der Waals surface area contributed by atoms with Gasteiger partial charge in [0.1, 0.15) is 12.4 Å². The molecule has 1 saturated heterocycles. The van der Waals surface area contributed by atoms with E-state index in [1.54, 1.807) is 23.1 Å². The maximum Gasteiger partial charge on any atom is 0.264 e. The summed E-state index contributed by atoms with van der Waals surface area (Å²) in [6, 6.07) is 13.3. The number of nitrogens with one attached hydrogen (secondary N) is 1. The number of hydrogen-bond acceptors (Lipinski definition) is 9. The maximum atomic E-state index is 14.4. The Hall–Kier alpha value is -4.42. The number of nitrogens with zero attached hydrogens (tertiary/aromatic N) is 6. The Balaban J connectivity index is 1.42. The van der Waals surface area contributed by atoms with Gasteiger partial charge in [0.05, 0.1) is 23.2 Å². The zero-order chi connectivity index (χ0) is 34.9. The summed E-state index contributed by atoms with van der Waals surface area (Å²) in [7, 11) is -2.03. The summed E-state index contributed by atoms with van der Waals surface area (Å²) in [5, 5.41) is 0. The third-order valence-electron chi connectivity index (χ3n) is 9.26. The highest BCUT2D eigenvalue weighted by atomic mass is 32.2. The Bertz CT molecular complexity index is 1920. The van der Waals surface area contributed by atoms with E-state index in [0.29, 0.717) is 23.9 Å². The molecule has 2 aromatic carbocycles. The number of carbonyl (C=O) groups excluding carboxylic acids is 1. The minimum Gasteiger partial charge on any atom is -0.475 e. The number of fused-ring (bicyclic) bond motifs is 4. The molecule has 4 bridgehead atoms. The molecule has 4 heterocycles. The van der Waals surface area contributed by atoms with Gasteiger partial charge >= 0.3 is 0 Å². The molecular formula is C37H45N7O4S. The molecule has 258 valence electrons. The first-order valence-corrected chi connectivity index (χ1v) is 18.3. The lowest BCUT2D eigenvalue weighted by molar-refractivity contribution is 0.0505. The van der Waals surface area contributed by atoms with Crippen molar-refractivity contribution in [3.8, 4) is 17.1 Å². The second-order valence-corrected chi connectivity index (χ2v) is 16.2. The van der Waals surface area contributed by atoms with Crippen LogP contribution >= 0.6 is 0 Å². The predicted octanol–water partition coefficient (Wildman–Crippen LogP) is 6.00. The lowest BCUT2D eigenvalue weighted by Gasteiger charge is -2.35. The Labute approximate surface area is 289 Å². The second-order valence-electron chi connectivity index (χ2n) is 14.5. The van der Waals surface area contributed by atoms with Crippen LogP contribution in [0.15, 0.2) is 65.8 Å². The van der Waals surface area contributed by atoms with Crippen LogP contribution in [0.4, 0.5) is 5.95 Å². The van der Waals surface area contributed by atoms with Crippen molar-refractivity contribution in [2.24, 2.45) is 5.41 Å². The molecule has 0 aliphatic carbocycles. The molecule has 2 aromatic heterocycles. The smallest absolute Gasteiger partial charge is 0.264 e. The minimum atomic E-state index is -4.17. The summed E-state index contributed by atoms with van der Waals surface area (Å²) in [6.07, 6.45) is 6.46. The van der Waals surface area contributed by atoms with Crippen LogP contribution in [0.25, 0.3) is 11.3 Å². The van der Waals surface area contributed by atoms with Crippen molar-refractivity contribution >= 4 is 21.9 Å². The Morgan fingerprint density at radius 1 is 0.959 bits per heavy atom. The van der Waals surface area contributed by atoms with Crippen molar-refractivity contribution in [3.05, 3.63) is 89.0 Å². The van der Waals surface area contributed by atoms with Gasteiger partial charge in [0.15, 0.2) is 0 Å². The van der Waals surface area contributed by atoms with Crippen molar-refractivity contribution in [1.82, 2.24) is 29.7 Å². The number of ether oxygens (including phenoxy) is 1. The van der Waals surface area contributed by atoms with E-state index < -0.39 is 16.1 Å². The number of piperidine rings is 1. The van der Waals surface area contributed by atoms with Gasteiger partial charge in [0.25, 0.3) is 15.9 Å². The minimum absolute atomic E-state index is 0.0767. The number of amides is 1. The first-order chi connectivity index (χ1) is 23.3. The van der Waals surface area contributed by atoms with E-state index in [9.17, 15) is 13.2 Å². The molecule has 0 spiro atoms. The summed E-state index contributed by atoms with van der Waals surface area (Å²) in [5.41, 5.74) is 4.50. The molecule has 1 amide bonds. The van der Waals surface area contributed by atoms with Crippen molar-refractivity contribution in [2.75, 3.05) is 31.5 Å². The number of carbonyl (C=O) groups is 1. The van der Waals surface area contributed by atoms with Gasteiger partial charge in [-0.05, 0) is 99.5 Å². The fourth-order valence-corrected chi connectivity index (χ4v) is 7.69. The molecule has 2 aliphatic heterocycles. The maximum absolute atomic E-state index is 14.4. The SMILES string of the molecule is Cc1cccc(C)c1-c1cc2nc(n1)NS(=O)(=O)c1cccc(c1)C(=O)N(Cc1ncc(C3CCN(C)CC3)cn1)[C@H](CC(C)(C)C)CO2. The summed E-state index contributed by atoms with van der Waals surface area (Å²) in [5.74, 6) is 0.644. The highest BCUT2D eigenvalue weighted by molar-refractivity contribution is 7.92. The molecule has 6 rings (SSSR count). The largest absolute Gasteiger partial charge is 0.475 e. The fourth-order valence-electron chi connectivity index (χ4n) is 6.70. The van der Waals surface area contributed by atoms with Gasteiger partial charge in [0.2, 0.25) is 11.8 Å². The highest BCUT2D eigenvalue weighted by Gasteiger charge is 2.32. The molecule has 0 saturated carbocycles. The Morgan fingerprint density at radius 2 is 1.63 bits per heavy atom. The van der Waals surface area contributed by atoms with E-state index in [2.05, 4.69) is 47.4 Å². The third kappa shape index (κ3) is 8.08. The van der Waals surface area contributed by atoms with Crippen LogP contribution in [-0.2, 0) is 16.6 Å². The van der Waals surface area contributed by atoms with Gasteiger partial charge in [-0.3, -0.25) is 4.79 Å². The molecule has 12 heteroatoms. The van der Waals surface area contributed by atoms with Crippen LogP contribution in [0.1, 0.15) is 78.8 Å². The molecule has 49 heavy (non-hydrogen) atoms. The standard InChI is InChI=1S/C37H45N7O4S/c1-24-9-7-10-25(2)34(24)31-18-33-41-36(40-31)42-49(46,47)30-12-8-11-27(17-30)35(45)44(29(23-48-33)19-37(3,4)5)22-32-38-20-28(21-39-32)26-13-15-43(6)16-14-26/h7-12,17-18,20-21,26,29H,13-16,19,22-23H2,1-6H3,(H,40,41,42)/t29-/m1/s1. The number of likely N-dealkylation sites (tertiary alicyclic amines) is 1. The number of aromatic nitrogens is 4. The van der Waals surface area contributed by atoms with Gasteiger partial charge in [0, 0.05) is 29.6 Å². The van der Waals surface area contributed by atoms with E-state index >= 15 is 0 Å². The monoisotopic (exact) mass is 683 g/mol. The fraction of sp³-hybridized carbons (Fsp3) is 0.432. The Morgan fingerprint density at radius 3 is 2.31 bits per heavy atom. The lowest BCUT2D eigenvalue weighted by atomic mass is 9.87. The third-order valence-corrected chi connectivity index (χ3v) is 10.6. The number of hydrogen-bond donors (Lipinski definition) is 1. The van der Waals surface area contributed by atoms with Crippen LogP contribution in [0.2, 0.25) is 0 Å². The van der Waals surface area contributed by atoms with Crippen LogP contribution in [0.5, 0.6) is 5.88 Å². The van der Waals surface area contributed by atoms with Crippen molar-refractivity contribution in [3.63, 3.8) is 0 Å².